The minimum atomic E-state index is -0.243. The average Bonchev–Trinajstić information content (AvgIpc) is 2.87. The van der Waals surface area contributed by atoms with Gasteiger partial charge in [0.25, 0.3) is 11.8 Å². The molecule has 2 aromatic rings. The summed E-state index contributed by atoms with van der Waals surface area (Å²) in [6.45, 7) is 6.41. The second-order valence-electron chi connectivity index (χ2n) is 8.32. The van der Waals surface area contributed by atoms with Crippen LogP contribution in [0.2, 0.25) is 5.02 Å². The van der Waals surface area contributed by atoms with Gasteiger partial charge in [-0.15, -0.1) is 0 Å². The van der Waals surface area contributed by atoms with Crippen molar-refractivity contribution in [1.82, 2.24) is 14.7 Å². The van der Waals surface area contributed by atoms with Crippen molar-refractivity contribution in [1.29, 1.82) is 0 Å². The number of benzene rings is 2. The Labute approximate surface area is 199 Å². The van der Waals surface area contributed by atoms with Gasteiger partial charge in [0, 0.05) is 62.0 Å². The number of ether oxygens (including phenoxy) is 2. The summed E-state index contributed by atoms with van der Waals surface area (Å²) >= 11 is 5.96. The molecule has 176 valence electrons. The van der Waals surface area contributed by atoms with Crippen molar-refractivity contribution in [2.45, 2.75) is 6.10 Å². The van der Waals surface area contributed by atoms with Crippen LogP contribution in [0.3, 0.4) is 0 Å². The number of halogens is 1. The van der Waals surface area contributed by atoms with Crippen molar-refractivity contribution >= 4 is 23.4 Å². The van der Waals surface area contributed by atoms with Crippen LogP contribution in [0.15, 0.2) is 54.6 Å². The Kier molecular flexibility index (Phi) is 8.34. The maximum Gasteiger partial charge on any atom is 0.254 e. The number of hydrogen-bond donors (Lipinski definition) is 0. The molecule has 2 amide bonds. The van der Waals surface area contributed by atoms with Crippen LogP contribution < -0.4 is 0 Å². The molecule has 2 aliphatic heterocycles. The molecule has 2 fully saturated rings. The van der Waals surface area contributed by atoms with Crippen LogP contribution in [0.4, 0.5) is 0 Å². The minimum Gasteiger partial charge on any atom is -0.379 e. The Morgan fingerprint density at radius 2 is 1.67 bits per heavy atom. The van der Waals surface area contributed by atoms with Gasteiger partial charge in [-0.2, -0.15) is 0 Å². The first kappa shape index (κ1) is 23.7. The first-order chi connectivity index (χ1) is 16.1. The number of nitrogens with zero attached hydrogens (tertiary/aromatic N) is 3. The highest BCUT2D eigenvalue weighted by molar-refractivity contribution is 6.30. The van der Waals surface area contributed by atoms with Gasteiger partial charge in [-0.05, 0) is 36.4 Å². The zero-order valence-corrected chi connectivity index (χ0v) is 19.5. The van der Waals surface area contributed by atoms with Gasteiger partial charge in [0.1, 0.15) is 0 Å². The summed E-state index contributed by atoms with van der Waals surface area (Å²) in [6, 6.07) is 16.2. The topological polar surface area (TPSA) is 62.3 Å². The van der Waals surface area contributed by atoms with Gasteiger partial charge in [-0.3, -0.25) is 14.5 Å². The van der Waals surface area contributed by atoms with Crippen molar-refractivity contribution in [2.75, 3.05) is 65.6 Å². The van der Waals surface area contributed by atoms with E-state index in [0.717, 1.165) is 32.8 Å². The van der Waals surface area contributed by atoms with E-state index >= 15 is 0 Å². The van der Waals surface area contributed by atoms with Crippen molar-refractivity contribution in [2.24, 2.45) is 0 Å². The zero-order valence-electron chi connectivity index (χ0n) is 18.7. The lowest BCUT2D eigenvalue weighted by Gasteiger charge is -2.36. The Hall–Kier alpha value is -2.45. The van der Waals surface area contributed by atoms with Gasteiger partial charge in [0.05, 0.1) is 25.9 Å². The van der Waals surface area contributed by atoms with Crippen molar-refractivity contribution in [3.63, 3.8) is 0 Å². The third-order valence-electron chi connectivity index (χ3n) is 6.04. The Balaban J connectivity index is 1.42. The molecule has 33 heavy (non-hydrogen) atoms. The molecular weight excluding hydrogens is 442 g/mol. The largest absolute Gasteiger partial charge is 0.379 e. The number of hydrogen-bond acceptors (Lipinski definition) is 5. The first-order valence-electron chi connectivity index (χ1n) is 11.4. The summed E-state index contributed by atoms with van der Waals surface area (Å²) in [5, 5.41) is 0.599. The highest BCUT2D eigenvalue weighted by Gasteiger charge is 2.28. The van der Waals surface area contributed by atoms with Gasteiger partial charge in [0.2, 0.25) is 0 Å². The summed E-state index contributed by atoms with van der Waals surface area (Å²) < 4.78 is 11.4. The SMILES string of the molecule is O=C(c1ccc(Cl)cc1)N1CCOC(CN(CCN2CCOCC2)C(=O)c2ccccc2)C1. The molecule has 0 spiro atoms. The molecule has 4 rings (SSSR count). The van der Waals surface area contributed by atoms with E-state index in [-0.39, 0.29) is 17.9 Å². The molecule has 2 heterocycles. The number of morpholine rings is 2. The van der Waals surface area contributed by atoms with Crippen LogP contribution >= 0.6 is 11.6 Å². The fraction of sp³-hybridized carbons (Fsp3) is 0.440. The molecule has 2 aromatic carbocycles. The van der Waals surface area contributed by atoms with Crippen molar-refractivity contribution in [3.8, 4) is 0 Å². The Morgan fingerprint density at radius 3 is 2.39 bits per heavy atom. The maximum atomic E-state index is 13.3. The van der Waals surface area contributed by atoms with Gasteiger partial charge < -0.3 is 19.3 Å². The smallest absolute Gasteiger partial charge is 0.254 e. The molecule has 1 atom stereocenters. The number of carbonyl (C=O) groups is 2. The zero-order chi connectivity index (χ0) is 23.0. The van der Waals surface area contributed by atoms with Crippen LogP contribution in [0, 0.1) is 0 Å². The van der Waals surface area contributed by atoms with E-state index in [0.29, 0.717) is 48.9 Å². The molecule has 2 saturated heterocycles. The van der Waals surface area contributed by atoms with Crippen LogP contribution in [0.25, 0.3) is 0 Å². The lowest BCUT2D eigenvalue weighted by molar-refractivity contribution is -0.0346. The van der Waals surface area contributed by atoms with Gasteiger partial charge >= 0.3 is 0 Å². The van der Waals surface area contributed by atoms with E-state index in [1.807, 2.05) is 35.2 Å². The minimum absolute atomic E-state index is 0.0198. The Bertz CT molecular complexity index is 919. The number of carbonyl (C=O) groups excluding carboxylic acids is 2. The average molecular weight is 472 g/mol. The molecule has 0 N–H and O–H groups in total. The van der Waals surface area contributed by atoms with E-state index in [4.69, 9.17) is 21.1 Å². The molecule has 0 aliphatic carbocycles. The lowest BCUT2D eigenvalue weighted by Crippen LogP contribution is -2.52. The fourth-order valence-corrected chi connectivity index (χ4v) is 4.29. The molecule has 7 nitrogen and oxygen atoms in total. The molecule has 0 aromatic heterocycles. The molecule has 8 heteroatoms. The highest BCUT2D eigenvalue weighted by atomic mass is 35.5. The lowest BCUT2D eigenvalue weighted by atomic mass is 10.1. The van der Waals surface area contributed by atoms with E-state index in [1.54, 1.807) is 29.2 Å². The standard InChI is InChI=1S/C25H30ClN3O4/c26-22-8-6-21(7-9-22)25(31)29-14-17-33-23(19-29)18-28(11-10-27-12-15-32-16-13-27)24(30)20-4-2-1-3-5-20/h1-9,23H,10-19H2. The van der Waals surface area contributed by atoms with Gasteiger partial charge in [-0.25, -0.2) is 0 Å². The maximum absolute atomic E-state index is 13.3. The quantitative estimate of drug-likeness (QED) is 0.621. The molecule has 1 unspecified atom stereocenters. The summed E-state index contributed by atoms with van der Waals surface area (Å²) in [5.74, 6) is -0.0668. The second-order valence-corrected chi connectivity index (χ2v) is 8.76. The molecule has 2 aliphatic rings. The second kappa shape index (κ2) is 11.6. The summed E-state index contributed by atoms with van der Waals surface area (Å²) in [6.07, 6.45) is -0.243. The van der Waals surface area contributed by atoms with E-state index in [1.165, 1.54) is 0 Å². The predicted octanol–water partition coefficient (Wildman–Crippen LogP) is 2.66. The van der Waals surface area contributed by atoms with Gasteiger partial charge in [0.15, 0.2) is 0 Å². The molecule has 0 radical (unpaired) electrons. The van der Waals surface area contributed by atoms with E-state index < -0.39 is 0 Å². The van der Waals surface area contributed by atoms with Crippen LogP contribution in [-0.4, -0.2) is 98.3 Å². The first-order valence-corrected chi connectivity index (χ1v) is 11.8. The number of amides is 2. The summed E-state index contributed by atoms with van der Waals surface area (Å²) in [5.41, 5.74) is 1.26. The fourth-order valence-electron chi connectivity index (χ4n) is 4.16. The van der Waals surface area contributed by atoms with Crippen LogP contribution in [-0.2, 0) is 9.47 Å². The van der Waals surface area contributed by atoms with Crippen molar-refractivity contribution in [3.05, 3.63) is 70.7 Å². The molecular formula is C25H30ClN3O4. The summed E-state index contributed by atoms with van der Waals surface area (Å²) in [7, 11) is 0. The highest BCUT2D eigenvalue weighted by Crippen LogP contribution is 2.16. The van der Waals surface area contributed by atoms with E-state index in [9.17, 15) is 9.59 Å². The van der Waals surface area contributed by atoms with Crippen molar-refractivity contribution < 1.29 is 19.1 Å². The van der Waals surface area contributed by atoms with Crippen LogP contribution in [0.1, 0.15) is 20.7 Å². The van der Waals surface area contributed by atoms with E-state index in [2.05, 4.69) is 4.90 Å². The third-order valence-corrected chi connectivity index (χ3v) is 6.29. The molecule has 0 bridgehead atoms. The number of rotatable bonds is 7. The van der Waals surface area contributed by atoms with Crippen LogP contribution in [0.5, 0.6) is 0 Å². The summed E-state index contributed by atoms with van der Waals surface area (Å²) in [4.78, 5) is 32.2. The monoisotopic (exact) mass is 471 g/mol. The van der Waals surface area contributed by atoms with Gasteiger partial charge in [-0.1, -0.05) is 29.8 Å². The third kappa shape index (κ3) is 6.54. The Morgan fingerprint density at radius 1 is 0.939 bits per heavy atom. The normalized spacial score (nSPS) is 19.3. The predicted molar refractivity (Wildman–Crippen MR) is 127 cm³/mol. The molecule has 0 saturated carbocycles.